The van der Waals surface area contributed by atoms with Gasteiger partial charge in [0, 0.05) is 39.1 Å². The Morgan fingerprint density at radius 3 is 1.98 bits per heavy atom. The van der Waals surface area contributed by atoms with Gasteiger partial charge >= 0.3 is 6.85 Å². The van der Waals surface area contributed by atoms with E-state index in [0.29, 0.717) is 0 Å². The van der Waals surface area contributed by atoms with Gasteiger partial charge in [-0.3, -0.25) is 0 Å². The SMILES string of the molecule is Cc1cc2c3c(c1)N1c4ccccc4C4(c5ccccc5-c5ccccc54)c4cccc(c41)B3N(c1ccc3c(c1)C(C)(C)CCC3(C)C)c1ccc3c(oc4ccccc43)c1-2. The molecule has 1 spiro atoms. The van der Waals surface area contributed by atoms with Gasteiger partial charge in [-0.05, 0) is 140 Å². The molecule has 0 unspecified atom stereocenters. The zero-order valence-corrected chi connectivity index (χ0v) is 35.8. The average Bonchev–Trinajstić information content (AvgIpc) is 3.81. The number of anilines is 5. The molecule has 0 saturated heterocycles. The lowest BCUT2D eigenvalue weighted by Gasteiger charge is -2.51. The van der Waals surface area contributed by atoms with Crippen molar-refractivity contribution in [1.82, 2.24) is 0 Å². The molecular formula is C58H45BN2O. The third-order valence-electron chi connectivity index (χ3n) is 15.7. The molecule has 0 atom stereocenters. The number of aryl methyl sites for hydroxylation is 1. The van der Waals surface area contributed by atoms with Crippen LogP contribution in [0.5, 0.6) is 0 Å². The highest BCUT2D eigenvalue weighted by Crippen LogP contribution is 2.64. The van der Waals surface area contributed by atoms with E-state index >= 15 is 0 Å². The summed E-state index contributed by atoms with van der Waals surface area (Å²) in [7, 11) is 0. The number of furan rings is 1. The van der Waals surface area contributed by atoms with E-state index in [9.17, 15) is 0 Å². The second-order valence-corrected chi connectivity index (χ2v) is 19.9. The van der Waals surface area contributed by atoms with E-state index in [1.54, 1.807) is 0 Å². The summed E-state index contributed by atoms with van der Waals surface area (Å²) in [5.41, 5.74) is 25.0. The molecule has 5 aliphatic rings. The molecule has 0 fully saturated rings. The quantitative estimate of drug-likeness (QED) is 0.154. The van der Waals surface area contributed by atoms with Crippen LogP contribution in [0.15, 0.2) is 162 Å². The summed E-state index contributed by atoms with van der Waals surface area (Å²) >= 11 is 0. The molecule has 1 aromatic heterocycles. The van der Waals surface area contributed by atoms with Crippen LogP contribution in [0.1, 0.15) is 79.5 Å². The van der Waals surface area contributed by atoms with Crippen LogP contribution in [-0.4, -0.2) is 6.85 Å². The van der Waals surface area contributed by atoms with Crippen LogP contribution in [0.3, 0.4) is 0 Å². The molecule has 3 aliphatic heterocycles. The highest BCUT2D eigenvalue weighted by Gasteiger charge is 2.56. The van der Waals surface area contributed by atoms with Crippen LogP contribution in [0.2, 0.25) is 0 Å². The number of hydrogen-bond acceptors (Lipinski definition) is 3. The summed E-state index contributed by atoms with van der Waals surface area (Å²) in [6.45, 7) is 11.9. The summed E-state index contributed by atoms with van der Waals surface area (Å²) in [4.78, 5) is 5.33. The number of benzene rings is 8. The van der Waals surface area contributed by atoms with Crippen molar-refractivity contribution in [3.05, 3.63) is 197 Å². The number of nitrogens with zero attached hydrogens (tertiary/aromatic N) is 2. The molecule has 4 heterocycles. The predicted octanol–water partition coefficient (Wildman–Crippen LogP) is 13.6. The minimum atomic E-state index is -0.491. The zero-order chi connectivity index (χ0) is 41.4. The number of fused-ring (bicyclic) bond motifs is 18. The van der Waals surface area contributed by atoms with Crippen LogP contribution in [0, 0.1) is 6.92 Å². The van der Waals surface area contributed by atoms with Crippen molar-refractivity contribution in [3.63, 3.8) is 0 Å². The Morgan fingerprint density at radius 2 is 1.19 bits per heavy atom. The van der Waals surface area contributed by atoms with Crippen LogP contribution in [0.25, 0.3) is 44.2 Å². The van der Waals surface area contributed by atoms with E-state index in [1.165, 1.54) is 107 Å². The topological polar surface area (TPSA) is 19.6 Å². The van der Waals surface area contributed by atoms with Gasteiger partial charge in [0.2, 0.25) is 0 Å². The maximum Gasteiger partial charge on any atom is 0.333 e. The maximum absolute atomic E-state index is 7.01. The molecule has 2 aliphatic carbocycles. The Morgan fingerprint density at radius 1 is 0.516 bits per heavy atom. The predicted molar refractivity (Wildman–Crippen MR) is 258 cm³/mol. The molecule has 9 aromatic rings. The van der Waals surface area contributed by atoms with Crippen molar-refractivity contribution in [3.8, 4) is 22.3 Å². The van der Waals surface area contributed by atoms with Gasteiger partial charge in [-0.2, -0.15) is 0 Å². The van der Waals surface area contributed by atoms with Crippen LogP contribution in [0.4, 0.5) is 28.4 Å². The van der Waals surface area contributed by atoms with Gasteiger partial charge in [-0.1, -0.05) is 143 Å². The normalized spacial score (nSPS) is 17.3. The summed E-state index contributed by atoms with van der Waals surface area (Å²) in [5.74, 6) is 0. The maximum atomic E-state index is 7.01. The summed E-state index contributed by atoms with van der Waals surface area (Å²) < 4.78 is 7.01. The summed E-state index contributed by atoms with van der Waals surface area (Å²) in [6, 6.07) is 60.3. The number of hydrogen-bond donors (Lipinski definition) is 0. The number of rotatable bonds is 1. The van der Waals surface area contributed by atoms with Crippen molar-refractivity contribution < 1.29 is 4.42 Å². The first-order valence-corrected chi connectivity index (χ1v) is 22.4. The fraction of sp³-hybridized carbons (Fsp3) is 0.172. The van der Waals surface area contributed by atoms with Gasteiger partial charge in [0.05, 0.1) is 11.1 Å². The van der Waals surface area contributed by atoms with Crippen LogP contribution in [-0.2, 0) is 16.2 Å². The molecule has 0 amide bonds. The Balaban J connectivity index is 1.14. The molecule has 0 bridgehead atoms. The molecule has 62 heavy (non-hydrogen) atoms. The first-order chi connectivity index (χ1) is 30.2. The van der Waals surface area contributed by atoms with Crippen molar-refractivity contribution in [1.29, 1.82) is 0 Å². The first-order valence-electron chi connectivity index (χ1n) is 22.4. The fourth-order valence-corrected chi connectivity index (χ4v) is 12.9. The van der Waals surface area contributed by atoms with Gasteiger partial charge in [-0.25, -0.2) is 0 Å². The smallest absolute Gasteiger partial charge is 0.333 e. The monoisotopic (exact) mass is 796 g/mol. The van der Waals surface area contributed by atoms with E-state index in [-0.39, 0.29) is 17.7 Å². The first kappa shape index (κ1) is 34.9. The lowest BCUT2D eigenvalue weighted by molar-refractivity contribution is 0.332. The van der Waals surface area contributed by atoms with Crippen molar-refractivity contribution >= 4 is 68.1 Å². The van der Waals surface area contributed by atoms with Crippen LogP contribution < -0.4 is 20.6 Å². The van der Waals surface area contributed by atoms with Gasteiger partial charge in [-0.15, -0.1) is 0 Å². The van der Waals surface area contributed by atoms with E-state index in [0.717, 1.165) is 28.4 Å². The Hall–Kier alpha value is -6.78. The van der Waals surface area contributed by atoms with Gasteiger partial charge in [0.25, 0.3) is 0 Å². The van der Waals surface area contributed by atoms with Gasteiger partial charge in [0.1, 0.15) is 11.2 Å². The zero-order valence-electron chi connectivity index (χ0n) is 35.8. The second-order valence-electron chi connectivity index (χ2n) is 19.9. The number of para-hydroxylation sites is 3. The average molecular weight is 797 g/mol. The molecule has 8 aromatic carbocycles. The minimum Gasteiger partial charge on any atom is -0.455 e. The standard InChI is InChI=1S/C58H45BN2O/c1-34-31-40-52-49(28-26-39-38-17-8-13-24-51(38)62-55(39)52)61(35-25-27-43-46(33-35)57(4,5)30-29-56(43,2)3)59-47-22-14-21-45-54(47)60(50(32-34)53(40)59)48-23-12-11-20-44(48)58(45)41-18-9-6-15-36(41)37-16-7-10-19-42(37)58/h6-28,31-33H,29-30H2,1-5H3. The van der Waals surface area contributed by atoms with E-state index in [1.807, 2.05) is 0 Å². The van der Waals surface area contributed by atoms with Crippen LogP contribution >= 0.6 is 0 Å². The lowest BCUT2D eigenvalue weighted by atomic mass is 9.42. The van der Waals surface area contributed by atoms with E-state index < -0.39 is 5.41 Å². The highest BCUT2D eigenvalue weighted by molar-refractivity contribution is 6.93. The van der Waals surface area contributed by atoms with Crippen molar-refractivity contribution in [2.75, 3.05) is 9.71 Å². The lowest BCUT2D eigenvalue weighted by Crippen LogP contribution is -2.62. The third kappa shape index (κ3) is 4.10. The largest absolute Gasteiger partial charge is 0.455 e. The highest BCUT2D eigenvalue weighted by atomic mass is 16.3. The molecule has 0 N–H and O–H groups in total. The Labute approximate surface area is 363 Å². The van der Waals surface area contributed by atoms with Crippen molar-refractivity contribution in [2.45, 2.75) is 63.7 Å². The van der Waals surface area contributed by atoms with Gasteiger partial charge < -0.3 is 14.1 Å². The summed E-state index contributed by atoms with van der Waals surface area (Å²) in [6.07, 6.45) is 2.34. The molecule has 296 valence electrons. The van der Waals surface area contributed by atoms with Crippen molar-refractivity contribution in [2.24, 2.45) is 0 Å². The second kappa shape index (κ2) is 11.6. The van der Waals surface area contributed by atoms with E-state index in [4.69, 9.17) is 4.42 Å². The molecule has 0 radical (unpaired) electrons. The third-order valence-corrected chi connectivity index (χ3v) is 15.7. The Kier molecular flexibility index (Phi) is 6.51. The molecule has 4 heteroatoms. The molecular weight excluding hydrogens is 751 g/mol. The molecule has 14 rings (SSSR count). The Bertz CT molecular complexity index is 3430. The fourth-order valence-electron chi connectivity index (χ4n) is 12.9. The minimum absolute atomic E-state index is 0.0526. The summed E-state index contributed by atoms with van der Waals surface area (Å²) in [5, 5.41) is 2.31. The molecule has 0 saturated carbocycles. The van der Waals surface area contributed by atoms with Gasteiger partial charge in [0.15, 0.2) is 0 Å². The van der Waals surface area contributed by atoms with E-state index in [2.05, 4.69) is 202 Å². The molecule has 3 nitrogen and oxygen atoms in total.